The summed E-state index contributed by atoms with van der Waals surface area (Å²) in [6.07, 6.45) is 0.415. The van der Waals surface area contributed by atoms with E-state index in [1.54, 1.807) is 25.2 Å². The zero-order valence-corrected chi connectivity index (χ0v) is 14.4. The lowest BCUT2D eigenvalue weighted by Gasteiger charge is -2.17. The number of aromatic amines is 1. The molecule has 3 aromatic rings. The van der Waals surface area contributed by atoms with E-state index in [1.807, 2.05) is 36.4 Å². The van der Waals surface area contributed by atoms with E-state index < -0.39 is 6.04 Å². The molecule has 1 atom stereocenters. The molecular formula is C19H18ClN3O2. The largest absolute Gasteiger partial charge is 0.357 e. The molecular weight excluding hydrogens is 338 g/mol. The summed E-state index contributed by atoms with van der Waals surface area (Å²) in [6, 6.07) is 16.0. The number of nitrogens with one attached hydrogen (secondary N) is 3. The van der Waals surface area contributed by atoms with Crippen LogP contribution >= 0.6 is 11.6 Å². The molecule has 3 rings (SSSR count). The van der Waals surface area contributed by atoms with Crippen molar-refractivity contribution in [3.63, 3.8) is 0 Å². The van der Waals surface area contributed by atoms with Crippen molar-refractivity contribution in [3.05, 3.63) is 70.9 Å². The zero-order chi connectivity index (χ0) is 17.8. The molecule has 0 radical (unpaired) electrons. The summed E-state index contributed by atoms with van der Waals surface area (Å²) in [4.78, 5) is 27.8. The highest BCUT2D eigenvalue weighted by Crippen LogP contribution is 2.20. The molecule has 0 unspecified atom stereocenters. The Bertz CT molecular complexity index is 905. The fourth-order valence-corrected chi connectivity index (χ4v) is 2.88. The van der Waals surface area contributed by atoms with Crippen LogP contribution in [0.25, 0.3) is 10.9 Å². The number of likely N-dealkylation sites (N-methyl/N-ethyl adjacent to an activating group) is 1. The number of carbonyl (C=O) groups excluding carboxylic acids is 2. The van der Waals surface area contributed by atoms with Gasteiger partial charge in [0.15, 0.2) is 0 Å². The van der Waals surface area contributed by atoms with Crippen LogP contribution in [0.1, 0.15) is 16.1 Å². The summed E-state index contributed by atoms with van der Waals surface area (Å²) >= 11 is 5.98. The molecule has 0 spiro atoms. The van der Waals surface area contributed by atoms with Crippen molar-refractivity contribution in [2.24, 2.45) is 0 Å². The molecule has 5 nitrogen and oxygen atoms in total. The van der Waals surface area contributed by atoms with Crippen LogP contribution in [0.15, 0.2) is 54.6 Å². The minimum atomic E-state index is -0.657. The van der Waals surface area contributed by atoms with Crippen LogP contribution in [0.4, 0.5) is 0 Å². The van der Waals surface area contributed by atoms with E-state index in [-0.39, 0.29) is 11.8 Å². The van der Waals surface area contributed by atoms with Gasteiger partial charge < -0.3 is 15.6 Å². The van der Waals surface area contributed by atoms with Gasteiger partial charge in [0, 0.05) is 29.4 Å². The lowest BCUT2D eigenvalue weighted by atomic mass is 10.1. The Labute approximate surface area is 150 Å². The van der Waals surface area contributed by atoms with Crippen LogP contribution in [0.2, 0.25) is 5.02 Å². The summed E-state index contributed by atoms with van der Waals surface area (Å²) in [7, 11) is 1.55. The van der Waals surface area contributed by atoms with Crippen molar-refractivity contribution >= 4 is 34.3 Å². The maximum atomic E-state index is 12.6. The maximum Gasteiger partial charge on any atom is 0.268 e. The van der Waals surface area contributed by atoms with Gasteiger partial charge in [0.25, 0.3) is 5.91 Å². The van der Waals surface area contributed by atoms with Gasteiger partial charge in [0.05, 0.1) is 0 Å². The van der Waals surface area contributed by atoms with E-state index in [0.717, 1.165) is 16.5 Å². The minimum absolute atomic E-state index is 0.239. The molecule has 1 aromatic heterocycles. The maximum absolute atomic E-state index is 12.6. The van der Waals surface area contributed by atoms with Gasteiger partial charge in [-0.05, 0) is 29.8 Å². The first-order chi connectivity index (χ1) is 12.1. The van der Waals surface area contributed by atoms with Crippen molar-refractivity contribution in [2.75, 3.05) is 7.05 Å². The Hall–Kier alpha value is -2.79. The summed E-state index contributed by atoms with van der Waals surface area (Å²) in [6.45, 7) is 0. The van der Waals surface area contributed by atoms with Crippen molar-refractivity contribution in [1.29, 1.82) is 0 Å². The molecule has 6 heteroatoms. The highest BCUT2D eigenvalue weighted by Gasteiger charge is 2.21. The minimum Gasteiger partial charge on any atom is -0.357 e. The van der Waals surface area contributed by atoms with Gasteiger partial charge >= 0.3 is 0 Å². The van der Waals surface area contributed by atoms with Crippen LogP contribution in [0, 0.1) is 0 Å². The molecule has 25 heavy (non-hydrogen) atoms. The number of hydrogen-bond donors (Lipinski definition) is 3. The van der Waals surface area contributed by atoms with E-state index in [1.165, 1.54) is 0 Å². The van der Waals surface area contributed by atoms with Crippen LogP contribution in [-0.2, 0) is 11.2 Å². The van der Waals surface area contributed by atoms with E-state index in [4.69, 9.17) is 11.6 Å². The Morgan fingerprint density at radius 1 is 1.12 bits per heavy atom. The SMILES string of the molecule is CNC(=O)[C@@H](Cc1ccccc1)NC(=O)c1cc2cc(Cl)ccc2[nH]1. The Kier molecular flexibility index (Phi) is 5.05. The standard InChI is InChI=1S/C19H18ClN3O2/c1-21-18(24)16(9-12-5-3-2-4-6-12)23-19(25)17-11-13-10-14(20)7-8-15(13)22-17/h2-8,10-11,16,22H,9H2,1H3,(H,21,24)(H,23,25)/t16-/m1/s1. The van der Waals surface area contributed by atoms with Crippen molar-refractivity contribution in [3.8, 4) is 0 Å². The smallest absolute Gasteiger partial charge is 0.268 e. The first-order valence-corrected chi connectivity index (χ1v) is 8.29. The van der Waals surface area contributed by atoms with Gasteiger partial charge in [-0.25, -0.2) is 0 Å². The highest BCUT2D eigenvalue weighted by atomic mass is 35.5. The molecule has 2 aromatic carbocycles. The van der Waals surface area contributed by atoms with Crippen LogP contribution in [0.5, 0.6) is 0 Å². The van der Waals surface area contributed by atoms with Crippen molar-refractivity contribution in [1.82, 2.24) is 15.6 Å². The Balaban J connectivity index is 1.79. The van der Waals surface area contributed by atoms with Gasteiger partial charge in [-0.1, -0.05) is 41.9 Å². The fraction of sp³-hybridized carbons (Fsp3) is 0.158. The van der Waals surface area contributed by atoms with E-state index in [9.17, 15) is 9.59 Å². The molecule has 1 heterocycles. The fourth-order valence-electron chi connectivity index (χ4n) is 2.70. The van der Waals surface area contributed by atoms with Gasteiger partial charge in [-0.15, -0.1) is 0 Å². The topological polar surface area (TPSA) is 74.0 Å². The van der Waals surface area contributed by atoms with E-state index >= 15 is 0 Å². The van der Waals surface area contributed by atoms with Crippen molar-refractivity contribution < 1.29 is 9.59 Å². The lowest BCUT2D eigenvalue weighted by Crippen LogP contribution is -2.47. The predicted molar refractivity (Wildman–Crippen MR) is 98.8 cm³/mol. The van der Waals surface area contributed by atoms with E-state index in [2.05, 4.69) is 15.6 Å². The lowest BCUT2D eigenvalue weighted by molar-refractivity contribution is -0.122. The number of amides is 2. The van der Waals surface area contributed by atoms with Gasteiger partial charge in [-0.3, -0.25) is 9.59 Å². The summed E-state index contributed by atoms with van der Waals surface area (Å²) in [5.41, 5.74) is 2.17. The second kappa shape index (κ2) is 7.40. The molecule has 0 saturated heterocycles. The van der Waals surface area contributed by atoms with Gasteiger partial charge in [0.1, 0.15) is 11.7 Å². The third-order valence-electron chi connectivity index (χ3n) is 3.98. The number of carbonyl (C=O) groups is 2. The summed E-state index contributed by atoms with van der Waals surface area (Å²) < 4.78 is 0. The van der Waals surface area contributed by atoms with E-state index in [0.29, 0.717) is 17.1 Å². The molecule has 0 bridgehead atoms. The third-order valence-corrected chi connectivity index (χ3v) is 4.21. The number of aromatic nitrogens is 1. The number of hydrogen-bond acceptors (Lipinski definition) is 2. The number of benzene rings is 2. The highest BCUT2D eigenvalue weighted by molar-refractivity contribution is 6.31. The molecule has 2 amide bonds. The number of halogens is 1. The first-order valence-electron chi connectivity index (χ1n) is 7.91. The average Bonchev–Trinajstić information content (AvgIpc) is 3.04. The molecule has 3 N–H and O–H groups in total. The quantitative estimate of drug-likeness (QED) is 0.658. The predicted octanol–water partition coefficient (Wildman–Crippen LogP) is 2.91. The molecule has 0 aliphatic carbocycles. The summed E-state index contributed by atoms with van der Waals surface area (Å²) in [5.74, 6) is -0.576. The normalized spacial score (nSPS) is 11.9. The molecule has 0 fully saturated rings. The molecule has 0 aliphatic heterocycles. The monoisotopic (exact) mass is 355 g/mol. The molecule has 128 valence electrons. The third kappa shape index (κ3) is 4.00. The number of H-pyrrole nitrogens is 1. The van der Waals surface area contributed by atoms with Gasteiger partial charge in [-0.2, -0.15) is 0 Å². The van der Waals surface area contributed by atoms with Crippen molar-refractivity contribution in [2.45, 2.75) is 12.5 Å². The zero-order valence-electron chi connectivity index (χ0n) is 13.7. The molecule has 0 saturated carbocycles. The van der Waals surface area contributed by atoms with Crippen LogP contribution < -0.4 is 10.6 Å². The van der Waals surface area contributed by atoms with Gasteiger partial charge in [0.2, 0.25) is 5.91 Å². The Morgan fingerprint density at radius 3 is 2.60 bits per heavy atom. The number of rotatable bonds is 5. The first kappa shape index (κ1) is 17.0. The number of fused-ring (bicyclic) bond motifs is 1. The second-order valence-electron chi connectivity index (χ2n) is 5.74. The Morgan fingerprint density at radius 2 is 1.88 bits per heavy atom. The van der Waals surface area contributed by atoms with Crippen LogP contribution in [0.3, 0.4) is 0 Å². The molecule has 0 aliphatic rings. The second-order valence-corrected chi connectivity index (χ2v) is 6.18. The summed E-state index contributed by atoms with van der Waals surface area (Å²) in [5, 5.41) is 6.83. The van der Waals surface area contributed by atoms with Crippen LogP contribution in [-0.4, -0.2) is 29.9 Å². The average molecular weight is 356 g/mol.